The average Bonchev–Trinajstić information content (AvgIpc) is 3.34. The van der Waals surface area contributed by atoms with Crippen molar-refractivity contribution in [3.8, 4) is 11.5 Å². The molecule has 144 valence electrons. The van der Waals surface area contributed by atoms with Crippen LogP contribution in [-0.4, -0.2) is 30.1 Å². The fourth-order valence-electron chi connectivity index (χ4n) is 3.39. The highest BCUT2D eigenvalue weighted by molar-refractivity contribution is 5.91. The molecular weight excluding hydrogens is 356 g/mol. The van der Waals surface area contributed by atoms with Gasteiger partial charge in [-0.25, -0.2) is 0 Å². The number of likely N-dealkylation sites (tertiary alicyclic amines) is 1. The molecule has 2 aromatic rings. The number of fused-ring (bicyclic) bond motifs is 1. The largest absolute Gasteiger partial charge is 0.454 e. The Balaban J connectivity index is 1.35. The van der Waals surface area contributed by atoms with Crippen LogP contribution in [0.25, 0.3) is 6.08 Å². The van der Waals surface area contributed by atoms with Gasteiger partial charge in [0, 0.05) is 32.1 Å². The zero-order valence-electron chi connectivity index (χ0n) is 15.5. The van der Waals surface area contributed by atoms with Crippen LogP contribution in [0.1, 0.15) is 29.5 Å². The van der Waals surface area contributed by atoms with Crippen LogP contribution >= 0.6 is 0 Å². The van der Waals surface area contributed by atoms with Crippen molar-refractivity contribution in [2.75, 3.05) is 13.3 Å². The summed E-state index contributed by atoms with van der Waals surface area (Å²) in [6.07, 6.45) is 4.79. The number of benzene rings is 2. The fraction of sp³-hybridized carbons (Fsp3) is 0.273. The maximum absolute atomic E-state index is 12.2. The van der Waals surface area contributed by atoms with E-state index in [0.717, 1.165) is 35.4 Å². The molecule has 1 N–H and O–H groups in total. The minimum absolute atomic E-state index is 0.176. The molecule has 2 heterocycles. The first-order valence-corrected chi connectivity index (χ1v) is 9.39. The first-order valence-electron chi connectivity index (χ1n) is 9.39. The summed E-state index contributed by atoms with van der Waals surface area (Å²) in [7, 11) is 0. The van der Waals surface area contributed by atoms with Crippen molar-refractivity contribution in [3.63, 3.8) is 0 Å². The number of nitrogens with one attached hydrogen (secondary N) is 1. The summed E-state index contributed by atoms with van der Waals surface area (Å²) >= 11 is 0. The maximum atomic E-state index is 12.2. The van der Waals surface area contributed by atoms with Gasteiger partial charge in [0.15, 0.2) is 11.5 Å². The molecule has 0 aromatic heterocycles. The Kier molecular flexibility index (Phi) is 5.28. The zero-order chi connectivity index (χ0) is 19.3. The molecule has 6 heteroatoms. The molecule has 2 aromatic carbocycles. The van der Waals surface area contributed by atoms with Gasteiger partial charge >= 0.3 is 0 Å². The van der Waals surface area contributed by atoms with Crippen molar-refractivity contribution < 1.29 is 19.1 Å². The molecule has 1 fully saturated rings. The standard InChI is InChI=1S/C22H22N2O4/c25-21(10-8-16-7-9-19-20(12-16)28-15-27-19)23-13-17-4-1-2-5-18(17)14-24-11-3-6-22(24)26/h1-2,4-5,7-10,12H,3,6,11,13-15H2,(H,23,25). The summed E-state index contributed by atoms with van der Waals surface area (Å²) in [4.78, 5) is 26.0. The molecule has 0 bridgehead atoms. The lowest BCUT2D eigenvalue weighted by molar-refractivity contribution is -0.128. The van der Waals surface area contributed by atoms with Crippen LogP contribution in [0.2, 0.25) is 0 Å². The number of amides is 2. The number of hydrogen-bond donors (Lipinski definition) is 1. The van der Waals surface area contributed by atoms with Gasteiger partial charge in [-0.2, -0.15) is 0 Å². The second-order valence-electron chi connectivity index (χ2n) is 6.85. The minimum atomic E-state index is -0.176. The van der Waals surface area contributed by atoms with Crippen molar-refractivity contribution in [2.24, 2.45) is 0 Å². The molecule has 0 spiro atoms. The van der Waals surface area contributed by atoms with E-state index in [0.29, 0.717) is 25.3 Å². The van der Waals surface area contributed by atoms with Crippen LogP contribution in [0, 0.1) is 0 Å². The molecule has 2 aliphatic heterocycles. The van der Waals surface area contributed by atoms with Crippen LogP contribution in [-0.2, 0) is 22.7 Å². The number of rotatable bonds is 6. The number of hydrogen-bond acceptors (Lipinski definition) is 4. The van der Waals surface area contributed by atoms with Gasteiger partial charge < -0.3 is 19.7 Å². The van der Waals surface area contributed by atoms with Crippen molar-refractivity contribution in [1.82, 2.24) is 10.2 Å². The van der Waals surface area contributed by atoms with Gasteiger partial charge in [-0.1, -0.05) is 30.3 Å². The number of carbonyl (C=O) groups is 2. The maximum Gasteiger partial charge on any atom is 0.244 e. The second-order valence-corrected chi connectivity index (χ2v) is 6.85. The normalized spacial score (nSPS) is 15.4. The van der Waals surface area contributed by atoms with Gasteiger partial charge in [0.1, 0.15) is 0 Å². The third kappa shape index (κ3) is 4.17. The van der Waals surface area contributed by atoms with E-state index < -0.39 is 0 Å². The minimum Gasteiger partial charge on any atom is -0.454 e. The number of nitrogens with zero attached hydrogens (tertiary/aromatic N) is 1. The Hall–Kier alpha value is -3.28. The van der Waals surface area contributed by atoms with Crippen molar-refractivity contribution in [1.29, 1.82) is 0 Å². The van der Waals surface area contributed by atoms with Gasteiger partial charge in [-0.05, 0) is 41.3 Å². The third-order valence-electron chi connectivity index (χ3n) is 4.93. The summed E-state index contributed by atoms with van der Waals surface area (Å²) < 4.78 is 10.6. The van der Waals surface area contributed by atoms with Gasteiger partial charge in [0.2, 0.25) is 18.6 Å². The molecule has 2 aliphatic rings. The van der Waals surface area contributed by atoms with Gasteiger partial charge in [-0.15, -0.1) is 0 Å². The van der Waals surface area contributed by atoms with Gasteiger partial charge in [0.25, 0.3) is 0 Å². The highest BCUT2D eigenvalue weighted by Gasteiger charge is 2.20. The molecule has 4 rings (SSSR count). The molecule has 6 nitrogen and oxygen atoms in total. The van der Waals surface area contributed by atoms with Gasteiger partial charge in [0.05, 0.1) is 0 Å². The highest BCUT2D eigenvalue weighted by Crippen LogP contribution is 2.32. The lowest BCUT2D eigenvalue weighted by Crippen LogP contribution is -2.26. The summed E-state index contributed by atoms with van der Waals surface area (Å²) in [5.41, 5.74) is 2.96. The Bertz CT molecular complexity index is 923. The Morgan fingerprint density at radius 1 is 1.11 bits per heavy atom. The molecule has 28 heavy (non-hydrogen) atoms. The first-order chi connectivity index (χ1) is 13.7. The molecule has 1 saturated heterocycles. The SMILES string of the molecule is O=C(C=Cc1ccc2c(c1)OCO2)NCc1ccccc1CN1CCCC1=O. The van der Waals surface area contributed by atoms with E-state index in [9.17, 15) is 9.59 Å². The average molecular weight is 378 g/mol. The summed E-state index contributed by atoms with van der Waals surface area (Å²) in [6, 6.07) is 13.4. The third-order valence-corrected chi connectivity index (χ3v) is 4.93. The van der Waals surface area contributed by atoms with E-state index in [-0.39, 0.29) is 18.6 Å². The monoisotopic (exact) mass is 378 g/mol. The van der Waals surface area contributed by atoms with E-state index in [1.165, 1.54) is 6.08 Å². The fourth-order valence-corrected chi connectivity index (χ4v) is 3.39. The molecule has 0 aliphatic carbocycles. The predicted octanol–water partition coefficient (Wildman–Crippen LogP) is 2.87. The van der Waals surface area contributed by atoms with E-state index in [4.69, 9.17) is 9.47 Å². The van der Waals surface area contributed by atoms with Crippen molar-refractivity contribution in [2.45, 2.75) is 25.9 Å². The van der Waals surface area contributed by atoms with Gasteiger partial charge in [-0.3, -0.25) is 9.59 Å². The van der Waals surface area contributed by atoms with Crippen LogP contribution in [0.15, 0.2) is 48.5 Å². The Labute approximate surface area is 163 Å². The molecule has 2 amide bonds. The lowest BCUT2D eigenvalue weighted by atomic mass is 10.1. The summed E-state index contributed by atoms with van der Waals surface area (Å²) in [5.74, 6) is 1.43. The van der Waals surface area contributed by atoms with Crippen molar-refractivity contribution >= 4 is 17.9 Å². The van der Waals surface area contributed by atoms with E-state index in [2.05, 4.69) is 5.32 Å². The zero-order valence-corrected chi connectivity index (χ0v) is 15.5. The van der Waals surface area contributed by atoms with Crippen LogP contribution in [0.4, 0.5) is 0 Å². The topological polar surface area (TPSA) is 67.9 Å². The predicted molar refractivity (Wildman–Crippen MR) is 105 cm³/mol. The first kappa shape index (κ1) is 18.1. The quantitative estimate of drug-likeness (QED) is 0.785. The molecule has 0 radical (unpaired) electrons. The van der Waals surface area contributed by atoms with E-state index >= 15 is 0 Å². The van der Waals surface area contributed by atoms with Crippen molar-refractivity contribution in [3.05, 3.63) is 65.2 Å². The Morgan fingerprint density at radius 3 is 2.75 bits per heavy atom. The summed E-state index contributed by atoms with van der Waals surface area (Å²) in [6.45, 7) is 2.05. The van der Waals surface area contributed by atoms with E-state index in [1.54, 1.807) is 6.08 Å². The smallest absolute Gasteiger partial charge is 0.244 e. The molecular formula is C22H22N2O4. The van der Waals surface area contributed by atoms with E-state index in [1.807, 2.05) is 47.4 Å². The second kappa shape index (κ2) is 8.17. The lowest BCUT2D eigenvalue weighted by Gasteiger charge is -2.18. The Morgan fingerprint density at radius 2 is 1.93 bits per heavy atom. The molecule has 0 unspecified atom stereocenters. The molecule has 0 saturated carbocycles. The summed E-state index contributed by atoms with van der Waals surface area (Å²) in [5, 5.41) is 2.91. The molecule has 0 atom stereocenters. The highest BCUT2D eigenvalue weighted by atomic mass is 16.7. The number of carbonyl (C=O) groups excluding carboxylic acids is 2. The number of ether oxygens (including phenoxy) is 2. The van der Waals surface area contributed by atoms with Crippen LogP contribution in [0.5, 0.6) is 11.5 Å². The van der Waals surface area contributed by atoms with Crippen LogP contribution < -0.4 is 14.8 Å². The van der Waals surface area contributed by atoms with Crippen LogP contribution in [0.3, 0.4) is 0 Å².